The third-order valence-electron chi connectivity index (χ3n) is 2.84. The molecule has 0 aliphatic carbocycles. The van der Waals surface area contributed by atoms with Crippen molar-refractivity contribution < 1.29 is 4.92 Å². The summed E-state index contributed by atoms with van der Waals surface area (Å²) in [6, 6.07) is 5.54. The molecule has 104 valence electrons. The van der Waals surface area contributed by atoms with Crippen LogP contribution < -0.4 is 11.1 Å². The van der Waals surface area contributed by atoms with Crippen LogP contribution >= 0.6 is 11.6 Å². The fourth-order valence-electron chi connectivity index (χ4n) is 1.67. The Balaban J connectivity index is 2.47. The monoisotopic (exact) mass is 293 g/mol. The third kappa shape index (κ3) is 2.77. The molecule has 0 bridgehead atoms. The number of nitrogens with one attached hydrogen (secondary N) is 1. The number of nitrogens with two attached hydrogens (primary N) is 1. The summed E-state index contributed by atoms with van der Waals surface area (Å²) in [5.41, 5.74) is 7.94. The summed E-state index contributed by atoms with van der Waals surface area (Å²) in [5.74, 6) is -0.308. The number of aryl methyl sites for hydroxylation is 2. The lowest BCUT2D eigenvalue weighted by molar-refractivity contribution is -0.383. The van der Waals surface area contributed by atoms with Crippen LogP contribution in [0.25, 0.3) is 0 Å². The predicted octanol–water partition coefficient (Wildman–Crippen LogP) is 2.98. The van der Waals surface area contributed by atoms with E-state index in [0.29, 0.717) is 5.69 Å². The summed E-state index contributed by atoms with van der Waals surface area (Å²) in [4.78, 5) is 17.8. The lowest BCUT2D eigenvalue weighted by Gasteiger charge is -2.09. The fourth-order valence-corrected chi connectivity index (χ4v) is 1.84. The first-order valence-corrected chi connectivity index (χ1v) is 6.08. The third-order valence-corrected chi connectivity index (χ3v) is 3.00. The average Bonchev–Trinajstić information content (AvgIpc) is 2.32. The zero-order valence-corrected chi connectivity index (χ0v) is 11.6. The Morgan fingerprint density at radius 3 is 2.60 bits per heavy atom. The van der Waals surface area contributed by atoms with E-state index in [-0.39, 0.29) is 16.9 Å². The topological polar surface area (TPSA) is 107 Å². The van der Waals surface area contributed by atoms with Crippen LogP contribution in [0.5, 0.6) is 0 Å². The summed E-state index contributed by atoms with van der Waals surface area (Å²) in [6.07, 6.45) is 0. The molecule has 0 saturated carbocycles. The van der Waals surface area contributed by atoms with E-state index in [0.717, 1.165) is 11.1 Å². The van der Waals surface area contributed by atoms with Gasteiger partial charge in [0.2, 0.25) is 16.9 Å². The molecule has 8 heteroatoms. The number of hydrogen-bond donors (Lipinski definition) is 2. The van der Waals surface area contributed by atoms with Crippen molar-refractivity contribution in [2.75, 3.05) is 11.1 Å². The Hall–Kier alpha value is -2.41. The number of nitrogen functional groups attached to an aromatic ring is 1. The van der Waals surface area contributed by atoms with Crippen LogP contribution in [0.2, 0.25) is 5.28 Å². The molecule has 0 atom stereocenters. The molecule has 1 aromatic heterocycles. The minimum absolute atomic E-state index is 0.0317. The lowest BCUT2D eigenvalue weighted by Crippen LogP contribution is -2.06. The van der Waals surface area contributed by atoms with Crippen LogP contribution in [0.3, 0.4) is 0 Å². The minimum Gasteiger partial charge on any atom is -0.378 e. The zero-order chi connectivity index (χ0) is 14.9. The van der Waals surface area contributed by atoms with E-state index in [1.807, 2.05) is 26.0 Å². The van der Waals surface area contributed by atoms with E-state index >= 15 is 0 Å². The number of anilines is 3. The molecule has 0 spiro atoms. The van der Waals surface area contributed by atoms with E-state index in [1.54, 1.807) is 6.07 Å². The van der Waals surface area contributed by atoms with Crippen LogP contribution in [-0.4, -0.2) is 14.9 Å². The number of nitrogens with zero attached hydrogens (tertiary/aromatic N) is 3. The van der Waals surface area contributed by atoms with Gasteiger partial charge in [-0.2, -0.15) is 9.97 Å². The second-order valence-corrected chi connectivity index (χ2v) is 4.59. The number of rotatable bonds is 3. The van der Waals surface area contributed by atoms with Gasteiger partial charge < -0.3 is 11.1 Å². The van der Waals surface area contributed by atoms with E-state index in [2.05, 4.69) is 15.3 Å². The lowest BCUT2D eigenvalue weighted by atomic mass is 10.1. The average molecular weight is 294 g/mol. The smallest absolute Gasteiger partial charge is 0.353 e. The molecule has 0 saturated heterocycles. The van der Waals surface area contributed by atoms with Crippen molar-refractivity contribution in [2.45, 2.75) is 13.8 Å². The summed E-state index contributed by atoms with van der Waals surface area (Å²) < 4.78 is 0. The minimum atomic E-state index is -0.644. The summed E-state index contributed by atoms with van der Waals surface area (Å²) >= 11 is 5.68. The van der Waals surface area contributed by atoms with Crippen LogP contribution in [0.15, 0.2) is 18.2 Å². The van der Waals surface area contributed by atoms with Gasteiger partial charge in [-0.05, 0) is 48.7 Å². The van der Waals surface area contributed by atoms with Crippen molar-refractivity contribution in [2.24, 2.45) is 0 Å². The Bertz CT molecular complexity index is 690. The molecule has 0 unspecified atom stereocenters. The van der Waals surface area contributed by atoms with E-state index in [1.165, 1.54) is 0 Å². The first-order chi connectivity index (χ1) is 9.38. The maximum Gasteiger partial charge on any atom is 0.353 e. The number of hydrogen-bond acceptors (Lipinski definition) is 6. The molecule has 2 rings (SSSR count). The first-order valence-electron chi connectivity index (χ1n) is 5.70. The first kappa shape index (κ1) is 14.0. The summed E-state index contributed by atoms with van der Waals surface area (Å²) in [6.45, 7) is 3.91. The normalized spacial score (nSPS) is 10.3. The molecule has 2 aromatic rings. The molecule has 3 N–H and O–H groups in total. The maximum absolute atomic E-state index is 11.0. The maximum atomic E-state index is 11.0. The molecule has 0 aliphatic rings. The van der Waals surface area contributed by atoms with Crippen molar-refractivity contribution in [3.05, 3.63) is 44.7 Å². The van der Waals surface area contributed by atoms with Gasteiger partial charge in [0, 0.05) is 5.69 Å². The van der Waals surface area contributed by atoms with Gasteiger partial charge in [-0.25, -0.2) is 0 Å². The number of halogens is 1. The van der Waals surface area contributed by atoms with Crippen LogP contribution in [0, 0.1) is 24.0 Å². The largest absolute Gasteiger partial charge is 0.378 e. The fraction of sp³-hybridized carbons (Fsp3) is 0.167. The van der Waals surface area contributed by atoms with Gasteiger partial charge in [-0.1, -0.05) is 6.07 Å². The molecule has 0 radical (unpaired) electrons. The second kappa shape index (κ2) is 5.30. The molecule has 0 amide bonds. The SMILES string of the molecule is Cc1ccc(Nc2nc(Cl)nc(N)c2[N+](=O)[O-])cc1C. The molecule has 0 fully saturated rings. The molecule has 1 aromatic carbocycles. The standard InChI is InChI=1S/C12H12ClN5O2/c1-6-3-4-8(5-7(6)2)15-11-9(18(19)20)10(14)16-12(13)17-11/h3-5H,1-2H3,(H3,14,15,16,17). The summed E-state index contributed by atoms with van der Waals surface area (Å²) in [7, 11) is 0. The van der Waals surface area contributed by atoms with Crippen molar-refractivity contribution in [3.63, 3.8) is 0 Å². The van der Waals surface area contributed by atoms with Crippen molar-refractivity contribution in [3.8, 4) is 0 Å². The Morgan fingerprint density at radius 1 is 1.30 bits per heavy atom. The van der Waals surface area contributed by atoms with E-state index < -0.39 is 10.6 Å². The Kier molecular flexibility index (Phi) is 3.71. The van der Waals surface area contributed by atoms with Gasteiger partial charge >= 0.3 is 5.69 Å². The van der Waals surface area contributed by atoms with Crippen molar-refractivity contribution in [1.29, 1.82) is 0 Å². The quantitative estimate of drug-likeness (QED) is 0.512. The highest BCUT2D eigenvalue weighted by molar-refractivity contribution is 6.28. The number of nitro groups is 1. The number of aromatic nitrogens is 2. The van der Waals surface area contributed by atoms with Gasteiger partial charge in [0.1, 0.15) is 0 Å². The number of benzene rings is 1. The van der Waals surface area contributed by atoms with Gasteiger partial charge in [-0.15, -0.1) is 0 Å². The second-order valence-electron chi connectivity index (χ2n) is 4.26. The van der Waals surface area contributed by atoms with Crippen LogP contribution in [0.4, 0.5) is 23.0 Å². The highest BCUT2D eigenvalue weighted by Crippen LogP contribution is 2.31. The Labute approximate surface area is 120 Å². The van der Waals surface area contributed by atoms with Crippen LogP contribution in [-0.2, 0) is 0 Å². The van der Waals surface area contributed by atoms with Crippen molar-refractivity contribution in [1.82, 2.24) is 9.97 Å². The molecule has 0 aliphatic heterocycles. The van der Waals surface area contributed by atoms with E-state index in [9.17, 15) is 10.1 Å². The highest BCUT2D eigenvalue weighted by Gasteiger charge is 2.22. The molecule has 1 heterocycles. The van der Waals surface area contributed by atoms with E-state index in [4.69, 9.17) is 17.3 Å². The van der Waals surface area contributed by atoms with Gasteiger partial charge in [0.05, 0.1) is 4.92 Å². The van der Waals surface area contributed by atoms with Crippen molar-refractivity contribution >= 4 is 34.6 Å². The van der Waals surface area contributed by atoms with Crippen LogP contribution in [0.1, 0.15) is 11.1 Å². The molecular weight excluding hydrogens is 282 g/mol. The Morgan fingerprint density at radius 2 is 2.00 bits per heavy atom. The highest BCUT2D eigenvalue weighted by atomic mass is 35.5. The molecular formula is C12H12ClN5O2. The predicted molar refractivity (Wildman–Crippen MR) is 77.3 cm³/mol. The molecule has 20 heavy (non-hydrogen) atoms. The van der Waals surface area contributed by atoms with Gasteiger partial charge in [0.15, 0.2) is 0 Å². The van der Waals surface area contributed by atoms with Gasteiger partial charge in [0.25, 0.3) is 0 Å². The van der Waals surface area contributed by atoms with Gasteiger partial charge in [-0.3, -0.25) is 10.1 Å². The zero-order valence-electron chi connectivity index (χ0n) is 10.8. The summed E-state index contributed by atoms with van der Waals surface area (Å²) in [5, 5.41) is 13.7. The molecule has 7 nitrogen and oxygen atoms in total.